The summed E-state index contributed by atoms with van der Waals surface area (Å²) in [6, 6.07) is 17.8. The maximum Gasteiger partial charge on any atom is 0.346 e. The van der Waals surface area contributed by atoms with Crippen molar-refractivity contribution in [2.45, 2.75) is 90.4 Å². The molecule has 0 bridgehead atoms. The Morgan fingerprint density at radius 1 is 0.737 bits per heavy atom. The second kappa shape index (κ2) is 18.9. The average molecular weight is 515 g/mol. The summed E-state index contributed by atoms with van der Waals surface area (Å²) in [7, 11) is 2.17. The third kappa shape index (κ3) is 12.8. The first-order valence-corrected chi connectivity index (χ1v) is 14.5. The molecule has 0 aliphatic heterocycles. The lowest BCUT2D eigenvalue weighted by Gasteiger charge is -2.19. The molecule has 0 spiro atoms. The molecule has 0 amide bonds. The van der Waals surface area contributed by atoms with Crippen LogP contribution in [-0.4, -0.2) is 24.7 Å². The molecule has 0 atom stereocenters. The Morgan fingerprint density at radius 2 is 1.16 bits per heavy atom. The zero-order valence-electron chi connectivity index (χ0n) is 23.5. The van der Waals surface area contributed by atoms with Gasteiger partial charge in [0, 0.05) is 19.3 Å². The van der Waals surface area contributed by atoms with Crippen LogP contribution in [0.4, 0.5) is 5.69 Å². The molecule has 38 heavy (non-hydrogen) atoms. The van der Waals surface area contributed by atoms with Gasteiger partial charge in [-0.3, -0.25) is 0 Å². The number of aliphatic carboxylic acids is 1. The van der Waals surface area contributed by atoms with Crippen molar-refractivity contribution < 1.29 is 9.90 Å². The first-order chi connectivity index (χ1) is 18.5. The SMILES string of the molecule is CCCCCCCCCCCCCCCN(C)c1ccc(/C=C/c2ccc(/C=C(/C#N)C(=O)O)cc2)cc1. The predicted octanol–water partition coefficient (Wildman–Crippen LogP) is 9.38. The van der Waals surface area contributed by atoms with Crippen molar-refractivity contribution >= 4 is 29.9 Å². The van der Waals surface area contributed by atoms with Gasteiger partial charge >= 0.3 is 5.97 Å². The molecular weight excluding hydrogens is 468 g/mol. The van der Waals surface area contributed by atoms with Crippen LogP contribution >= 0.6 is 0 Å². The fourth-order valence-corrected chi connectivity index (χ4v) is 4.54. The zero-order valence-corrected chi connectivity index (χ0v) is 23.5. The van der Waals surface area contributed by atoms with E-state index in [4.69, 9.17) is 10.4 Å². The van der Waals surface area contributed by atoms with Crippen LogP contribution in [0.5, 0.6) is 0 Å². The Balaban J connectivity index is 1.63. The number of rotatable bonds is 19. The van der Waals surface area contributed by atoms with E-state index in [0.717, 1.165) is 17.7 Å². The number of carboxylic acid groups (broad SMARTS) is 1. The molecule has 0 saturated carbocycles. The minimum atomic E-state index is -1.21. The van der Waals surface area contributed by atoms with E-state index in [-0.39, 0.29) is 5.57 Å². The largest absolute Gasteiger partial charge is 0.477 e. The minimum absolute atomic E-state index is 0.271. The average Bonchev–Trinajstić information content (AvgIpc) is 2.93. The van der Waals surface area contributed by atoms with Gasteiger partial charge < -0.3 is 10.0 Å². The first-order valence-electron chi connectivity index (χ1n) is 14.5. The molecule has 0 aliphatic rings. The lowest BCUT2D eigenvalue weighted by molar-refractivity contribution is -0.132. The summed E-state index contributed by atoms with van der Waals surface area (Å²) in [5.41, 5.74) is 3.80. The van der Waals surface area contributed by atoms with E-state index in [1.165, 1.54) is 95.2 Å². The Morgan fingerprint density at radius 3 is 1.61 bits per heavy atom. The summed E-state index contributed by atoms with van der Waals surface area (Å²) in [5, 5.41) is 17.9. The Kier molecular flexibility index (Phi) is 15.3. The van der Waals surface area contributed by atoms with Gasteiger partial charge in [0.15, 0.2) is 0 Å². The number of hydrogen-bond donors (Lipinski definition) is 1. The molecule has 0 aliphatic carbocycles. The number of unbranched alkanes of at least 4 members (excludes halogenated alkanes) is 12. The summed E-state index contributed by atoms with van der Waals surface area (Å²) < 4.78 is 0. The molecule has 0 saturated heterocycles. The van der Waals surface area contributed by atoms with Gasteiger partial charge in [-0.05, 0) is 41.3 Å². The molecule has 4 heteroatoms. The smallest absolute Gasteiger partial charge is 0.346 e. The Hall–Kier alpha value is -3.32. The Labute approximate surface area is 230 Å². The highest BCUT2D eigenvalue weighted by Crippen LogP contribution is 2.18. The summed E-state index contributed by atoms with van der Waals surface area (Å²) in [5.74, 6) is -1.21. The van der Waals surface area contributed by atoms with Gasteiger partial charge in [0.1, 0.15) is 11.6 Å². The van der Waals surface area contributed by atoms with Crippen LogP contribution in [0.2, 0.25) is 0 Å². The van der Waals surface area contributed by atoms with Crippen LogP contribution in [0.25, 0.3) is 18.2 Å². The fourth-order valence-electron chi connectivity index (χ4n) is 4.54. The van der Waals surface area contributed by atoms with E-state index in [9.17, 15) is 4.79 Å². The van der Waals surface area contributed by atoms with Crippen molar-refractivity contribution in [3.8, 4) is 6.07 Å². The van der Waals surface area contributed by atoms with Gasteiger partial charge in [-0.15, -0.1) is 0 Å². The molecule has 0 fully saturated rings. The van der Waals surface area contributed by atoms with Crippen molar-refractivity contribution in [2.75, 3.05) is 18.5 Å². The number of nitriles is 1. The van der Waals surface area contributed by atoms with E-state index in [0.29, 0.717) is 5.56 Å². The van der Waals surface area contributed by atoms with Crippen molar-refractivity contribution in [3.05, 3.63) is 70.8 Å². The summed E-state index contributed by atoms with van der Waals surface area (Å²) in [4.78, 5) is 13.3. The minimum Gasteiger partial charge on any atom is -0.477 e. The number of carboxylic acids is 1. The van der Waals surface area contributed by atoms with Gasteiger partial charge in [0.05, 0.1) is 0 Å². The third-order valence-electron chi connectivity index (χ3n) is 7.00. The number of benzene rings is 2. The topological polar surface area (TPSA) is 64.3 Å². The molecular formula is C34H46N2O2. The quantitative estimate of drug-likeness (QED) is 0.0877. The number of hydrogen-bond acceptors (Lipinski definition) is 3. The molecule has 0 unspecified atom stereocenters. The molecule has 2 aromatic rings. The van der Waals surface area contributed by atoms with Gasteiger partial charge in [0.2, 0.25) is 0 Å². The van der Waals surface area contributed by atoms with Gasteiger partial charge in [-0.2, -0.15) is 5.26 Å². The van der Waals surface area contributed by atoms with Crippen LogP contribution in [0.1, 0.15) is 107 Å². The molecule has 0 radical (unpaired) electrons. The molecule has 204 valence electrons. The van der Waals surface area contributed by atoms with E-state index < -0.39 is 5.97 Å². The molecule has 2 aromatic carbocycles. The fraction of sp³-hybridized carbons (Fsp3) is 0.471. The van der Waals surface area contributed by atoms with E-state index >= 15 is 0 Å². The van der Waals surface area contributed by atoms with Crippen LogP contribution < -0.4 is 4.90 Å². The maximum atomic E-state index is 11.0. The monoisotopic (exact) mass is 514 g/mol. The number of carbonyl (C=O) groups is 1. The third-order valence-corrected chi connectivity index (χ3v) is 7.00. The second-order valence-electron chi connectivity index (χ2n) is 10.2. The Bertz CT molecular complexity index is 1030. The van der Waals surface area contributed by atoms with Gasteiger partial charge in [-0.1, -0.05) is 133 Å². The van der Waals surface area contributed by atoms with E-state index in [1.54, 1.807) is 6.07 Å². The van der Waals surface area contributed by atoms with Crippen molar-refractivity contribution in [1.82, 2.24) is 0 Å². The molecule has 0 aromatic heterocycles. The standard InChI is InChI=1S/C34H46N2O2/c1-3-4-5-6-7-8-9-10-11-12-13-14-15-26-36(2)33-24-22-30(23-25-33)17-16-29-18-20-31(21-19-29)27-32(28-35)34(37)38/h16-25,27H,3-15,26H2,1-2H3,(H,37,38)/b17-16+,32-27-. The van der Waals surface area contributed by atoms with E-state index in [1.807, 2.05) is 30.3 Å². The molecule has 0 heterocycles. The molecule has 1 N–H and O–H groups in total. The van der Waals surface area contributed by atoms with Crippen LogP contribution in [0, 0.1) is 11.3 Å². The second-order valence-corrected chi connectivity index (χ2v) is 10.2. The van der Waals surface area contributed by atoms with Crippen molar-refractivity contribution in [3.63, 3.8) is 0 Å². The van der Waals surface area contributed by atoms with Crippen LogP contribution in [0.15, 0.2) is 54.1 Å². The van der Waals surface area contributed by atoms with Gasteiger partial charge in [0.25, 0.3) is 0 Å². The lowest BCUT2D eigenvalue weighted by atomic mass is 10.0. The summed E-state index contributed by atoms with van der Waals surface area (Å²) in [6.07, 6.45) is 23.4. The predicted molar refractivity (Wildman–Crippen MR) is 162 cm³/mol. The molecule has 2 rings (SSSR count). The maximum absolute atomic E-state index is 11.0. The van der Waals surface area contributed by atoms with Crippen LogP contribution in [0.3, 0.4) is 0 Å². The van der Waals surface area contributed by atoms with Gasteiger partial charge in [-0.25, -0.2) is 4.79 Å². The normalized spacial score (nSPS) is 11.6. The first kappa shape index (κ1) is 30.9. The highest BCUT2D eigenvalue weighted by atomic mass is 16.4. The highest BCUT2D eigenvalue weighted by Gasteiger charge is 2.05. The molecule has 4 nitrogen and oxygen atoms in total. The number of anilines is 1. The van der Waals surface area contributed by atoms with E-state index in [2.05, 4.69) is 49.2 Å². The van der Waals surface area contributed by atoms with Crippen molar-refractivity contribution in [2.24, 2.45) is 0 Å². The highest BCUT2D eigenvalue weighted by molar-refractivity contribution is 5.96. The lowest BCUT2D eigenvalue weighted by Crippen LogP contribution is -2.18. The summed E-state index contributed by atoms with van der Waals surface area (Å²) in [6.45, 7) is 3.37. The zero-order chi connectivity index (χ0) is 27.4. The number of nitrogens with zero attached hydrogens (tertiary/aromatic N) is 2. The van der Waals surface area contributed by atoms with Crippen molar-refractivity contribution in [1.29, 1.82) is 5.26 Å². The van der Waals surface area contributed by atoms with Crippen LogP contribution in [-0.2, 0) is 4.79 Å². The summed E-state index contributed by atoms with van der Waals surface area (Å²) >= 11 is 0.